The fraction of sp³-hybridized carbons (Fsp3) is 0.105. The second-order valence-electron chi connectivity index (χ2n) is 6.76. The van der Waals surface area contributed by atoms with Crippen LogP contribution in [0.2, 0.25) is 13.1 Å². The Kier molecular flexibility index (Phi) is 5.10. The molecule has 0 saturated carbocycles. The zero-order chi connectivity index (χ0) is 18.8. The van der Waals surface area contributed by atoms with Crippen molar-refractivity contribution in [3.63, 3.8) is 0 Å². The zero-order valence-electron chi connectivity index (χ0n) is 14.0. The summed E-state index contributed by atoms with van der Waals surface area (Å²) in [6.45, 7) is 9.06. The molecule has 0 unspecified atom stereocenters. The van der Waals surface area contributed by atoms with Gasteiger partial charge in [0.05, 0.1) is 0 Å². The maximum absolute atomic E-state index is 10.1. The first kappa shape index (κ1) is 19.4. The minimum atomic E-state index is -2.04. The van der Waals surface area contributed by atoms with Crippen molar-refractivity contribution in [1.29, 1.82) is 0 Å². The molecule has 132 valence electrons. The summed E-state index contributed by atoms with van der Waals surface area (Å²) in [7, 11) is -2.04. The van der Waals surface area contributed by atoms with Gasteiger partial charge in [-0.25, -0.2) is 0 Å². The number of phenolic OH excluding ortho intramolecular Hbond substituents is 1. The van der Waals surface area contributed by atoms with Crippen LogP contribution in [0, 0.1) is 6.01 Å². The molecule has 1 N–H and O–H groups in total. The van der Waals surface area contributed by atoms with E-state index >= 15 is 0 Å². The van der Waals surface area contributed by atoms with Crippen molar-refractivity contribution >= 4 is 106 Å². The van der Waals surface area contributed by atoms with Crippen molar-refractivity contribution in [2.24, 2.45) is 4.99 Å². The summed E-state index contributed by atoms with van der Waals surface area (Å²) in [6, 6.07) is 9.76. The van der Waals surface area contributed by atoms with Gasteiger partial charge in [0.25, 0.3) is 0 Å². The Labute approximate surface area is 194 Å². The summed E-state index contributed by atoms with van der Waals surface area (Å²) in [5, 5.41) is 14.7. The van der Waals surface area contributed by atoms with E-state index in [1.165, 1.54) is 30.9 Å². The summed E-state index contributed by atoms with van der Waals surface area (Å²) in [5.74, 6) is 0.312. The predicted octanol–water partition coefficient (Wildman–Crippen LogP) is 3.59. The van der Waals surface area contributed by atoms with Crippen LogP contribution in [0.15, 0.2) is 39.8 Å². The Hall–Kier alpha value is 0.0664. The standard InChI is InChI=1S/C19H14BrI2NOSeSi/c1-9-4-6-12-18(14(9)17-15(20)16(21)19(22)25-17)26(2,3)13-8-10(24)5-7-11(13)23-12/h4-8,24H,1H2,2-3H3. The second-order valence-corrected chi connectivity index (χ2v) is 17.8. The van der Waals surface area contributed by atoms with Crippen LogP contribution in [0.25, 0.3) is 16.6 Å². The fourth-order valence-electron chi connectivity index (χ4n) is 3.53. The van der Waals surface area contributed by atoms with Gasteiger partial charge in [-0.2, -0.15) is 0 Å². The molecular weight excluding hydrogens is 699 g/mol. The number of aromatic hydroxyl groups is 1. The fourth-order valence-corrected chi connectivity index (χ4v) is 13.0. The van der Waals surface area contributed by atoms with Gasteiger partial charge in [-0.05, 0) is 0 Å². The average Bonchev–Trinajstić information content (AvgIpc) is 2.84. The molecule has 1 aromatic heterocycles. The number of hydrogen-bond donors (Lipinski definition) is 1. The molecule has 0 aliphatic carbocycles. The summed E-state index contributed by atoms with van der Waals surface area (Å²) in [5.41, 5.74) is 2.26. The Balaban J connectivity index is 2.15. The van der Waals surface area contributed by atoms with E-state index in [4.69, 9.17) is 4.99 Å². The molecule has 7 heteroatoms. The van der Waals surface area contributed by atoms with E-state index < -0.39 is 8.07 Å². The van der Waals surface area contributed by atoms with Gasteiger partial charge in [-0.3, -0.25) is 0 Å². The van der Waals surface area contributed by atoms with Gasteiger partial charge in [0, 0.05) is 0 Å². The third kappa shape index (κ3) is 2.93. The average molecular weight is 713 g/mol. The van der Waals surface area contributed by atoms with Crippen molar-refractivity contribution in [2.75, 3.05) is 0 Å². The van der Waals surface area contributed by atoms with Crippen LogP contribution in [-0.2, 0) is 0 Å². The molecule has 0 fully saturated rings. The monoisotopic (exact) mass is 713 g/mol. The first-order valence-corrected chi connectivity index (χ1v) is 15.6. The number of halogens is 3. The van der Waals surface area contributed by atoms with Gasteiger partial charge >= 0.3 is 197 Å². The molecule has 26 heavy (non-hydrogen) atoms. The van der Waals surface area contributed by atoms with E-state index in [1.54, 1.807) is 6.07 Å². The molecule has 2 heterocycles. The second kappa shape index (κ2) is 6.84. The van der Waals surface area contributed by atoms with Crippen molar-refractivity contribution in [3.8, 4) is 15.8 Å². The van der Waals surface area contributed by atoms with Crippen LogP contribution in [0.5, 0.6) is 5.75 Å². The first-order chi connectivity index (χ1) is 12.2. The maximum atomic E-state index is 10.1. The van der Waals surface area contributed by atoms with Crippen molar-refractivity contribution in [3.05, 3.63) is 51.4 Å². The number of benzene rings is 2. The van der Waals surface area contributed by atoms with E-state index in [9.17, 15) is 5.11 Å². The third-order valence-electron chi connectivity index (χ3n) is 4.77. The van der Waals surface area contributed by atoms with Gasteiger partial charge < -0.3 is 0 Å². The van der Waals surface area contributed by atoms with Crippen molar-refractivity contribution < 1.29 is 5.11 Å². The third-order valence-corrected chi connectivity index (χ3v) is 17.1. The summed E-state index contributed by atoms with van der Waals surface area (Å²) < 4.78 is 5.29. The zero-order valence-corrected chi connectivity index (χ0v) is 22.6. The molecular formula is C19H14BrI2NOSeSi. The van der Waals surface area contributed by atoms with Crippen LogP contribution in [0.4, 0.5) is 5.69 Å². The number of fused-ring (bicyclic) bond motifs is 2. The van der Waals surface area contributed by atoms with E-state index in [0.717, 1.165) is 16.3 Å². The predicted molar refractivity (Wildman–Crippen MR) is 133 cm³/mol. The van der Waals surface area contributed by atoms with Gasteiger partial charge in [-0.1, -0.05) is 0 Å². The summed E-state index contributed by atoms with van der Waals surface area (Å²) >= 11 is 8.99. The molecule has 0 saturated heterocycles. The number of nitrogens with zero attached hydrogens (tertiary/aromatic N) is 1. The molecule has 0 atom stereocenters. The SMILES string of the molecule is C=c1ccc2c(c1-c1[se]c(I)c(I)c1Br)[Si](C)(C)c1cc(O)ccc1N=2. The van der Waals surface area contributed by atoms with Gasteiger partial charge in [0.1, 0.15) is 0 Å². The topological polar surface area (TPSA) is 32.6 Å². The normalized spacial score (nSPS) is 14.5. The van der Waals surface area contributed by atoms with E-state index in [-0.39, 0.29) is 14.5 Å². The molecule has 0 amide bonds. The van der Waals surface area contributed by atoms with E-state index in [1.807, 2.05) is 12.1 Å². The van der Waals surface area contributed by atoms with Crippen LogP contribution in [0.1, 0.15) is 0 Å². The quantitative estimate of drug-likeness (QED) is 0.304. The first-order valence-electron chi connectivity index (χ1n) is 7.90. The van der Waals surface area contributed by atoms with Gasteiger partial charge in [-0.15, -0.1) is 0 Å². The van der Waals surface area contributed by atoms with Crippen molar-refractivity contribution in [2.45, 2.75) is 13.1 Å². The molecule has 2 aromatic carbocycles. The Bertz CT molecular complexity index is 1190. The number of phenols is 1. The number of hydrogen-bond acceptors (Lipinski definition) is 2. The molecule has 0 radical (unpaired) electrons. The van der Waals surface area contributed by atoms with Crippen LogP contribution in [0.3, 0.4) is 0 Å². The molecule has 3 aromatic rings. The van der Waals surface area contributed by atoms with E-state index in [2.05, 4.69) is 92.9 Å². The summed E-state index contributed by atoms with van der Waals surface area (Å²) in [4.78, 5) is 4.93. The molecule has 0 spiro atoms. The number of rotatable bonds is 1. The van der Waals surface area contributed by atoms with E-state index in [0.29, 0.717) is 5.75 Å². The summed E-state index contributed by atoms with van der Waals surface area (Å²) in [6.07, 6.45) is 0. The van der Waals surface area contributed by atoms with Crippen LogP contribution < -0.4 is 20.9 Å². The van der Waals surface area contributed by atoms with Crippen LogP contribution in [-0.4, -0.2) is 27.7 Å². The molecule has 1 aliphatic heterocycles. The van der Waals surface area contributed by atoms with Gasteiger partial charge in [0.2, 0.25) is 0 Å². The van der Waals surface area contributed by atoms with Crippen LogP contribution >= 0.6 is 61.1 Å². The van der Waals surface area contributed by atoms with Gasteiger partial charge in [0.15, 0.2) is 0 Å². The molecule has 4 rings (SSSR count). The van der Waals surface area contributed by atoms with Crippen molar-refractivity contribution in [1.82, 2.24) is 0 Å². The Morgan fingerprint density at radius 2 is 1.92 bits per heavy atom. The molecule has 1 aliphatic rings. The minimum absolute atomic E-state index is 0.279. The molecule has 0 bridgehead atoms. The Morgan fingerprint density at radius 3 is 2.58 bits per heavy atom. The molecule has 2 nitrogen and oxygen atoms in total. The Morgan fingerprint density at radius 1 is 1.19 bits per heavy atom.